The van der Waals surface area contributed by atoms with Crippen molar-refractivity contribution in [1.82, 2.24) is 14.6 Å². The van der Waals surface area contributed by atoms with E-state index in [9.17, 15) is 0 Å². The fourth-order valence-electron chi connectivity index (χ4n) is 1.45. The second-order valence-electron chi connectivity index (χ2n) is 3.17. The molecule has 0 amide bonds. The Morgan fingerprint density at radius 1 is 1.31 bits per heavy atom. The predicted molar refractivity (Wildman–Crippen MR) is 69.0 cm³/mol. The van der Waals surface area contributed by atoms with Gasteiger partial charge in [0.05, 0.1) is 20.6 Å². The van der Waals surface area contributed by atoms with Crippen molar-refractivity contribution in [3.8, 4) is 10.6 Å². The van der Waals surface area contributed by atoms with Gasteiger partial charge in [0, 0.05) is 12.1 Å². The van der Waals surface area contributed by atoms with Gasteiger partial charge in [-0.25, -0.2) is 9.50 Å². The Balaban J connectivity index is 2.24. The monoisotopic (exact) mass is 313 g/mol. The van der Waals surface area contributed by atoms with Crippen LogP contribution in [0.25, 0.3) is 16.2 Å². The molecule has 3 aromatic rings. The zero-order valence-corrected chi connectivity index (χ0v) is 11.1. The quantitative estimate of drug-likeness (QED) is 0.638. The Hall–Kier alpha value is -0.910. The topological polar surface area (TPSA) is 30.2 Å². The van der Waals surface area contributed by atoms with Crippen LogP contribution in [0, 0.1) is 0 Å². The van der Waals surface area contributed by atoms with E-state index in [0.717, 1.165) is 20.0 Å². The molecule has 0 spiro atoms. The highest BCUT2D eigenvalue weighted by Gasteiger charge is 2.08. The highest BCUT2D eigenvalue weighted by molar-refractivity contribution is 9.11. The summed E-state index contributed by atoms with van der Waals surface area (Å²) in [5.74, 6) is 0. The van der Waals surface area contributed by atoms with Crippen LogP contribution in [0.4, 0.5) is 0 Å². The summed E-state index contributed by atoms with van der Waals surface area (Å²) in [4.78, 5) is 5.57. The van der Waals surface area contributed by atoms with E-state index in [1.165, 1.54) is 0 Å². The van der Waals surface area contributed by atoms with Crippen molar-refractivity contribution < 1.29 is 0 Å². The average molecular weight is 315 g/mol. The van der Waals surface area contributed by atoms with Crippen molar-refractivity contribution in [2.45, 2.75) is 0 Å². The Labute approximate surface area is 109 Å². The lowest BCUT2D eigenvalue weighted by molar-refractivity contribution is 0.942. The van der Waals surface area contributed by atoms with Crippen LogP contribution in [-0.4, -0.2) is 14.6 Å². The molecule has 0 unspecified atom stereocenters. The van der Waals surface area contributed by atoms with Crippen molar-refractivity contribution in [2.24, 2.45) is 0 Å². The summed E-state index contributed by atoms with van der Waals surface area (Å²) in [6, 6.07) is 7.66. The Morgan fingerprint density at radius 2 is 2.19 bits per heavy atom. The van der Waals surface area contributed by atoms with Gasteiger partial charge in [-0.2, -0.15) is 5.10 Å². The highest BCUT2D eigenvalue weighted by atomic mass is 79.9. The zero-order valence-electron chi connectivity index (χ0n) is 7.89. The molecule has 80 valence electrons. The molecule has 0 aliphatic rings. The second kappa shape index (κ2) is 3.84. The van der Waals surface area contributed by atoms with Crippen molar-refractivity contribution in [2.75, 3.05) is 0 Å². The van der Waals surface area contributed by atoms with Gasteiger partial charge in [-0.1, -0.05) is 11.6 Å². The van der Waals surface area contributed by atoms with Crippen LogP contribution < -0.4 is 0 Å². The van der Waals surface area contributed by atoms with E-state index < -0.39 is 0 Å². The van der Waals surface area contributed by atoms with Gasteiger partial charge in [0.25, 0.3) is 0 Å². The number of nitrogens with zero attached hydrogens (tertiary/aromatic N) is 3. The van der Waals surface area contributed by atoms with E-state index in [0.29, 0.717) is 5.15 Å². The third-order valence-electron chi connectivity index (χ3n) is 2.14. The number of thiophene rings is 1. The van der Waals surface area contributed by atoms with Gasteiger partial charge in [-0.15, -0.1) is 11.3 Å². The van der Waals surface area contributed by atoms with Crippen LogP contribution in [0.2, 0.25) is 5.15 Å². The highest BCUT2D eigenvalue weighted by Crippen LogP contribution is 2.31. The minimum Gasteiger partial charge on any atom is -0.228 e. The molecule has 3 nitrogen and oxygen atoms in total. The summed E-state index contributed by atoms with van der Waals surface area (Å²) in [7, 11) is 0. The normalized spacial score (nSPS) is 11.1. The molecule has 0 saturated carbocycles. The minimum atomic E-state index is 0.564. The Kier molecular flexibility index (Phi) is 2.46. The smallest absolute Gasteiger partial charge is 0.157 e. The standard InChI is InChI=1S/C10H5BrClN3S/c11-8-2-1-7(16-8)6-5-9(12)15-10(14-6)3-4-13-15/h1-5H. The lowest BCUT2D eigenvalue weighted by Gasteiger charge is -2.00. The van der Waals surface area contributed by atoms with Gasteiger partial charge in [0.2, 0.25) is 0 Å². The van der Waals surface area contributed by atoms with Gasteiger partial charge in [-0.05, 0) is 28.1 Å². The van der Waals surface area contributed by atoms with Crippen LogP contribution >= 0.6 is 38.9 Å². The largest absolute Gasteiger partial charge is 0.228 e. The van der Waals surface area contributed by atoms with Crippen LogP contribution in [0.1, 0.15) is 0 Å². The summed E-state index contributed by atoms with van der Waals surface area (Å²) in [6.07, 6.45) is 1.68. The number of hydrogen-bond acceptors (Lipinski definition) is 3. The first-order chi connectivity index (χ1) is 7.74. The van der Waals surface area contributed by atoms with Crippen molar-refractivity contribution in [3.05, 3.63) is 39.4 Å². The molecule has 16 heavy (non-hydrogen) atoms. The molecule has 0 atom stereocenters. The molecule has 0 aliphatic heterocycles. The first-order valence-electron chi connectivity index (χ1n) is 4.50. The summed E-state index contributed by atoms with van der Waals surface area (Å²) in [5.41, 5.74) is 1.63. The summed E-state index contributed by atoms with van der Waals surface area (Å²) < 4.78 is 2.68. The predicted octanol–water partition coefficient (Wildman–Crippen LogP) is 3.87. The van der Waals surface area contributed by atoms with Gasteiger partial charge in [0.1, 0.15) is 5.15 Å². The van der Waals surface area contributed by atoms with Crippen LogP contribution in [0.15, 0.2) is 34.2 Å². The lowest BCUT2D eigenvalue weighted by atomic mass is 10.3. The molecule has 0 saturated heterocycles. The molecule has 3 rings (SSSR count). The summed E-state index contributed by atoms with van der Waals surface area (Å²) in [5, 5.41) is 4.64. The van der Waals surface area contributed by atoms with E-state index >= 15 is 0 Å². The molecular formula is C10H5BrClN3S. The first kappa shape index (κ1) is 10.3. The maximum absolute atomic E-state index is 6.11. The summed E-state index contributed by atoms with van der Waals surface area (Å²) >= 11 is 11.2. The minimum absolute atomic E-state index is 0.564. The van der Waals surface area contributed by atoms with E-state index in [4.69, 9.17) is 11.6 Å². The molecule has 0 fully saturated rings. The maximum atomic E-state index is 6.11. The number of fused-ring (bicyclic) bond motifs is 1. The number of halogens is 2. The molecular weight excluding hydrogens is 310 g/mol. The molecule has 0 aromatic carbocycles. The average Bonchev–Trinajstić information content (AvgIpc) is 2.85. The Bertz CT molecular complexity index is 661. The summed E-state index contributed by atoms with van der Waals surface area (Å²) in [6.45, 7) is 0. The SMILES string of the molecule is Clc1cc(-c2ccc(Br)s2)nc2ccnn12. The number of hydrogen-bond donors (Lipinski definition) is 0. The third-order valence-corrected chi connectivity index (χ3v) is 4.06. The fourth-order valence-corrected chi connectivity index (χ4v) is 3.03. The van der Waals surface area contributed by atoms with Crippen molar-refractivity contribution >= 4 is 44.5 Å². The molecule has 0 radical (unpaired) electrons. The molecule has 0 bridgehead atoms. The van der Waals surface area contributed by atoms with Crippen molar-refractivity contribution in [1.29, 1.82) is 0 Å². The van der Waals surface area contributed by atoms with Gasteiger partial charge in [0.15, 0.2) is 5.65 Å². The van der Waals surface area contributed by atoms with E-state index in [2.05, 4.69) is 26.0 Å². The van der Waals surface area contributed by atoms with Crippen LogP contribution in [0.5, 0.6) is 0 Å². The number of aromatic nitrogens is 3. The Morgan fingerprint density at radius 3 is 2.94 bits per heavy atom. The van der Waals surface area contributed by atoms with Gasteiger partial charge < -0.3 is 0 Å². The number of rotatable bonds is 1. The molecule has 0 N–H and O–H groups in total. The van der Waals surface area contributed by atoms with Crippen LogP contribution in [0.3, 0.4) is 0 Å². The van der Waals surface area contributed by atoms with Gasteiger partial charge >= 0.3 is 0 Å². The lowest BCUT2D eigenvalue weighted by Crippen LogP contribution is -1.93. The van der Waals surface area contributed by atoms with E-state index in [1.807, 2.05) is 24.3 Å². The maximum Gasteiger partial charge on any atom is 0.157 e. The van der Waals surface area contributed by atoms with E-state index in [-0.39, 0.29) is 0 Å². The van der Waals surface area contributed by atoms with Crippen LogP contribution in [-0.2, 0) is 0 Å². The molecule has 6 heteroatoms. The fraction of sp³-hybridized carbons (Fsp3) is 0. The molecule has 3 aromatic heterocycles. The van der Waals surface area contributed by atoms with Crippen molar-refractivity contribution in [3.63, 3.8) is 0 Å². The zero-order chi connectivity index (χ0) is 11.1. The van der Waals surface area contributed by atoms with E-state index in [1.54, 1.807) is 22.0 Å². The second-order valence-corrected chi connectivity index (χ2v) is 6.02. The first-order valence-corrected chi connectivity index (χ1v) is 6.49. The van der Waals surface area contributed by atoms with Gasteiger partial charge in [-0.3, -0.25) is 0 Å². The molecule has 0 aliphatic carbocycles. The third kappa shape index (κ3) is 1.65. The molecule has 3 heterocycles.